The molecule has 6 aromatic rings. The molecule has 0 atom stereocenters. The van der Waals surface area contributed by atoms with Gasteiger partial charge in [0.1, 0.15) is 5.58 Å². The van der Waals surface area contributed by atoms with E-state index >= 15 is 0 Å². The molecule has 205 valence electrons. The van der Waals surface area contributed by atoms with E-state index in [-0.39, 0.29) is 37.1 Å². The van der Waals surface area contributed by atoms with Crippen molar-refractivity contribution in [2.24, 2.45) is 0 Å². The van der Waals surface area contributed by atoms with E-state index in [4.69, 9.17) is 14.5 Å². The summed E-state index contributed by atoms with van der Waals surface area (Å²) in [5.41, 5.74) is 6.28. The van der Waals surface area contributed by atoms with Gasteiger partial charge in [0.15, 0.2) is 5.78 Å². The Morgan fingerprint density at radius 3 is 2.38 bits per heavy atom. The normalized spacial score (nSPS) is 11.8. The molecule has 0 amide bonds. The average Bonchev–Trinajstić information content (AvgIpc) is 3.49. The summed E-state index contributed by atoms with van der Waals surface area (Å²) in [5.74, 6) is -0.0625. The molecule has 3 heterocycles. The van der Waals surface area contributed by atoms with Gasteiger partial charge in [-0.15, -0.1) is 29.5 Å². The molecule has 6 heteroatoms. The number of hydrogen-bond acceptors (Lipinski definition) is 5. The first kappa shape index (κ1) is 29.4. The zero-order valence-corrected chi connectivity index (χ0v) is 26.2. The summed E-state index contributed by atoms with van der Waals surface area (Å²) >= 11 is 1.80. The minimum absolute atomic E-state index is 0. The van der Waals surface area contributed by atoms with E-state index in [1.807, 2.05) is 30.5 Å². The Labute approximate surface area is 251 Å². The second kappa shape index (κ2) is 11.9. The van der Waals surface area contributed by atoms with Crippen LogP contribution in [0.2, 0.25) is 0 Å². The summed E-state index contributed by atoms with van der Waals surface area (Å²) in [5, 5.41) is 11.7. The number of para-hydroxylation sites is 1. The largest absolute Gasteiger partial charge is 0.512 e. The van der Waals surface area contributed by atoms with Gasteiger partial charge in [-0.3, -0.25) is 4.79 Å². The Bertz CT molecular complexity index is 1840. The van der Waals surface area contributed by atoms with Crippen LogP contribution in [0, 0.1) is 6.07 Å². The van der Waals surface area contributed by atoms with Crippen molar-refractivity contribution < 1.29 is 34.4 Å². The number of ketones is 1. The van der Waals surface area contributed by atoms with E-state index in [1.165, 1.54) is 40.6 Å². The molecular weight excluding hydrogens is 695 g/mol. The number of pyridine rings is 1. The molecule has 0 aliphatic carbocycles. The van der Waals surface area contributed by atoms with Crippen LogP contribution < -0.4 is 0 Å². The second-order valence-electron chi connectivity index (χ2n) is 10.6. The fourth-order valence-corrected chi connectivity index (χ4v) is 5.60. The molecule has 0 aliphatic heterocycles. The molecule has 6 rings (SSSR count). The first-order valence-electron chi connectivity index (χ1n) is 12.8. The number of fused-ring (bicyclic) bond motifs is 4. The second-order valence-corrected chi connectivity index (χ2v) is 11.7. The molecule has 3 aromatic heterocycles. The number of nitrogens with zero attached hydrogens (tertiary/aromatic N) is 1. The minimum Gasteiger partial charge on any atom is -0.512 e. The summed E-state index contributed by atoms with van der Waals surface area (Å²) in [7, 11) is 0. The molecular formula is C34H30IrNO3S-. The zero-order chi connectivity index (χ0) is 27.7. The maximum atomic E-state index is 10.0. The predicted octanol–water partition coefficient (Wildman–Crippen LogP) is 9.66. The molecule has 4 nitrogen and oxygen atoms in total. The van der Waals surface area contributed by atoms with Crippen molar-refractivity contribution in [3.05, 3.63) is 102 Å². The van der Waals surface area contributed by atoms with Crippen LogP contribution >= 0.6 is 11.3 Å². The number of aliphatic hydroxyl groups excluding tert-OH is 1. The number of aromatic nitrogens is 1. The number of furan rings is 1. The van der Waals surface area contributed by atoms with Crippen molar-refractivity contribution in [3.8, 4) is 21.7 Å². The third-order valence-corrected chi connectivity index (χ3v) is 7.59. The maximum absolute atomic E-state index is 10.0. The number of allylic oxidation sites excluding steroid dienone is 2. The van der Waals surface area contributed by atoms with Gasteiger partial charge in [-0.05, 0) is 48.2 Å². The van der Waals surface area contributed by atoms with Gasteiger partial charge in [-0.25, -0.2) is 0 Å². The third-order valence-electron chi connectivity index (χ3n) is 6.44. The molecule has 0 aliphatic rings. The van der Waals surface area contributed by atoms with Crippen LogP contribution in [0.3, 0.4) is 0 Å². The van der Waals surface area contributed by atoms with Crippen molar-refractivity contribution in [2.45, 2.75) is 40.0 Å². The van der Waals surface area contributed by atoms with E-state index in [1.54, 1.807) is 11.3 Å². The Kier molecular flexibility index (Phi) is 8.74. The summed E-state index contributed by atoms with van der Waals surface area (Å²) in [4.78, 5) is 16.0. The first-order valence-corrected chi connectivity index (χ1v) is 13.6. The van der Waals surface area contributed by atoms with Crippen LogP contribution in [0.1, 0.15) is 40.2 Å². The standard InChI is InChI=1S/C29H22NOS.C5H8O2.Ir/c1-29(2,3)20-13-11-18(12-14-20)26-15-19-17-30-24(16-27(19)32-26)23-9-6-8-22-21-7-4-5-10-25(21)31-28(22)23;1-4(6)3-5(2)7;/h4-8,10-17H,1-3H3;3,6H,1-2H3;/q-1;;/b;4-3-;. The fourth-order valence-electron chi connectivity index (χ4n) is 4.52. The van der Waals surface area contributed by atoms with Crippen LogP contribution in [0.4, 0.5) is 0 Å². The molecule has 0 spiro atoms. The molecule has 1 radical (unpaired) electrons. The predicted molar refractivity (Wildman–Crippen MR) is 162 cm³/mol. The van der Waals surface area contributed by atoms with Gasteiger partial charge in [0.2, 0.25) is 0 Å². The van der Waals surface area contributed by atoms with Gasteiger partial charge < -0.3 is 14.5 Å². The third kappa shape index (κ3) is 6.26. The number of benzene rings is 3. The Hall–Kier alpha value is -3.57. The molecule has 0 saturated heterocycles. The molecule has 1 N–H and O–H groups in total. The van der Waals surface area contributed by atoms with Crippen molar-refractivity contribution in [1.82, 2.24) is 4.98 Å². The van der Waals surface area contributed by atoms with Gasteiger partial charge in [0, 0.05) is 52.7 Å². The smallest absolute Gasteiger partial charge is 0.155 e. The fraction of sp³-hybridized carbons (Fsp3) is 0.176. The van der Waals surface area contributed by atoms with Gasteiger partial charge in [-0.2, -0.15) is 0 Å². The Morgan fingerprint density at radius 1 is 1.00 bits per heavy atom. The Morgan fingerprint density at radius 2 is 1.73 bits per heavy atom. The number of rotatable bonds is 3. The number of hydrogen-bond donors (Lipinski definition) is 1. The van der Waals surface area contributed by atoms with Crippen LogP contribution in [0.25, 0.3) is 53.7 Å². The number of thiophene rings is 1. The van der Waals surface area contributed by atoms with E-state index in [0.717, 1.165) is 38.6 Å². The van der Waals surface area contributed by atoms with E-state index in [9.17, 15) is 4.79 Å². The van der Waals surface area contributed by atoms with Crippen molar-refractivity contribution >= 4 is 49.1 Å². The maximum Gasteiger partial charge on any atom is 0.155 e. The minimum atomic E-state index is -0.125. The summed E-state index contributed by atoms with van der Waals surface area (Å²) < 4.78 is 7.41. The quantitative estimate of drug-likeness (QED) is 0.112. The zero-order valence-electron chi connectivity index (χ0n) is 23.0. The van der Waals surface area contributed by atoms with Crippen LogP contribution in [0.15, 0.2) is 95.2 Å². The van der Waals surface area contributed by atoms with Gasteiger partial charge in [-0.1, -0.05) is 80.3 Å². The summed E-state index contributed by atoms with van der Waals surface area (Å²) in [6.45, 7) is 9.58. The van der Waals surface area contributed by atoms with Gasteiger partial charge in [0.05, 0.1) is 11.3 Å². The van der Waals surface area contributed by atoms with Crippen molar-refractivity contribution in [3.63, 3.8) is 0 Å². The first-order chi connectivity index (χ1) is 18.6. The van der Waals surface area contributed by atoms with Crippen LogP contribution in [0.5, 0.6) is 0 Å². The summed E-state index contributed by atoms with van der Waals surface area (Å²) in [6.07, 6.45) is 3.13. The molecule has 0 saturated carbocycles. The number of carbonyl (C=O) groups is 1. The van der Waals surface area contributed by atoms with Crippen molar-refractivity contribution in [1.29, 1.82) is 0 Å². The molecule has 3 aromatic carbocycles. The molecule has 0 unspecified atom stereocenters. The average molecular weight is 725 g/mol. The SMILES string of the molecule is CC(=O)/C=C(/C)O.CC(C)(C)c1ccc(-c2cc3cnc(-c4[c-]ccc5c4oc4ccccc45)cc3s2)cc1.[Ir]. The van der Waals surface area contributed by atoms with Crippen LogP contribution in [-0.2, 0) is 30.3 Å². The van der Waals surface area contributed by atoms with E-state index in [0.29, 0.717) is 0 Å². The van der Waals surface area contributed by atoms with E-state index < -0.39 is 0 Å². The number of aliphatic hydroxyl groups is 1. The van der Waals surface area contributed by atoms with Crippen LogP contribution in [-0.4, -0.2) is 15.9 Å². The Balaban J connectivity index is 0.000000413. The monoisotopic (exact) mass is 725 g/mol. The van der Waals surface area contributed by atoms with Gasteiger partial charge >= 0.3 is 0 Å². The molecule has 40 heavy (non-hydrogen) atoms. The summed E-state index contributed by atoms with van der Waals surface area (Å²) in [6, 6.07) is 28.8. The number of carbonyl (C=O) groups excluding carboxylic acids is 1. The molecule has 0 bridgehead atoms. The van der Waals surface area contributed by atoms with Crippen molar-refractivity contribution in [2.75, 3.05) is 0 Å². The van der Waals surface area contributed by atoms with Gasteiger partial charge in [0.25, 0.3) is 0 Å². The van der Waals surface area contributed by atoms with E-state index in [2.05, 4.69) is 75.4 Å². The molecule has 0 fully saturated rings. The topological polar surface area (TPSA) is 63.3 Å².